The molecule has 0 spiro atoms. The average Bonchev–Trinajstić information content (AvgIpc) is 2.43. The molecule has 0 aromatic heterocycles. The lowest BCUT2D eigenvalue weighted by Gasteiger charge is -2.24. The highest BCUT2D eigenvalue weighted by Crippen LogP contribution is 2.24. The van der Waals surface area contributed by atoms with Crippen molar-refractivity contribution in [3.05, 3.63) is 73.9 Å². The van der Waals surface area contributed by atoms with Gasteiger partial charge in [0, 0.05) is 0 Å². The van der Waals surface area contributed by atoms with Crippen molar-refractivity contribution in [2.75, 3.05) is 13.2 Å². The molecule has 0 aliphatic rings. The van der Waals surface area contributed by atoms with Gasteiger partial charge in [-0.1, -0.05) is 48.6 Å². The third kappa shape index (κ3) is 4.32. The van der Waals surface area contributed by atoms with E-state index in [0.29, 0.717) is 13.2 Å². The second-order valence-corrected chi connectivity index (χ2v) is 3.78. The Morgan fingerprint density at radius 1 is 0.944 bits per heavy atom. The highest BCUT2D eigenvalue weighted by Gasteiger charge is 2.21. The number of rotatable bonds is 9. The van der Waals surface area contributed by atoms with Gasteiger partial charge in [0.05, 0.1) is 13.2 Å². The smallest absolute Gasteiger partial charge is 0.113 e. The van der Waals surface area contributed by atoms with Crippen LogP contribution in [0, 0.1) is 0 Å². The molecular formula is C16H20O2. The van der Waals surface area contributed by atoms with Crippen LogP contribution in [0.3, 0.4) is 0 Å². The van der Waals surface area contributed by atoms with Crippen LogP contribution in [0.5, 0.6) is 0 Å². The van der Waals surface area contributed by atoms with E-state index >= 15 is 0 Å². The molecule has 96 valence electrons. The van der Waals surface area contributed by atoms with Gasteiger partial charge < -0.3 is 9.47 Å². The van der Waals surface area contributed by atoms with E-state index in [1.807, 2.05) is 30.3 Å². The van der Waals surface area contributed by atoms with Crippen LogP contribution in [0.15, 0.2) is 68.3 Å². The van der Waals surface area contributed by atoms with Gasteiger partial charge in [-0.15, -0.1) is 19.7 Å². The summed E-state index contributed by atoms with van der Waals surface area (Å²) >= 11 is 0. The first-order valence-corrected chi connectivity index (χ1v) is 5.96. The summed E-state index contributed by atoms with van der Waals surface area (Å²) in [4.78, 5) is 0. The molecule has 0 unspecified atom stereocenters. The zero-order valence-corrected chi connectivity index (χ0v) is 10.6. The second kappa shape index (κ2) is 8.45. The highest BCUT2D eigenvalue weighted by molar-refractivity contribution is 5.20. The first kappa shape index (κ1) is 14.4. The van der Waals surface area contributed by atoms with Gasteiger partial charge in [-0.2, -0.15) is 0 Å². The van der Waals surface area contributed by atoms with Crippen LogP contribution in [0.1, 0.15) is 11.7 Å². The Kier molecular flexibility index (Phi) is 6.77. The molecule has 0 aliphatic carbocycles. The Bertz CT molecular complexity index is 370. The van der Waals surface area contributed by atoms with Crippen molar-refractivity contribution in [3.8, 4) is 0 Å². The van der Waals surface area contributed by atoms with Gasteiger partial charge in [0.15, 0.2) is 0 Å². The van der Waals surface area contributed by atoms with E-state index in [9.17, 15) is 0 Å². The van der Waals surface area contributed by atoms with Crippen molar-refractivity contribution >= 4 is 0 Å². The first-order valence-electron chi connectivity index (χ1n) is 5.96. The minimum atomic E-state index is -0.203. The van der Waals surface area contributed by atoms with Gasteiger partial charge in [-0.3, -0.25) is 0 Å². The molecule has 2 atom stereocenters. The van der Waals surface area contributed by atoms with Crippen LogP contribution in [-0.2, 0) is 9.47 Å². The van der Waals surface area contributed by atoms with Crippen molar-refractivity contribution in [1.29, 1.82) is 0 Å². The maximum absolute atomic E-state index is 5.78. The summed E-state index contributed by atoms with van der Waals surface area (Å²) in [5.41, 5.74) is 1.06. The Morgan fingerprint density at radius 3 is 2.11 bits per heavy atom. The monoisotopic (exact) mass is 244 g/mol. The summed E-state index contributed by atoms with van der Waals surface area (Å²) in [6.45, 7) is 12.1. The molecular weight excluding hydrogens is 224 g/mol. The minimum Gasteiger partial charge on any atom is -0.367 e. The maximum Gasteiger partial charge on any atom is 0.113 e. The second-order valence-electron chi connectivity index (χ2n) is 3.78. The topological polar surface area (TPSA) is 18.5 Å². The van der Waals surface area contributed by atoms with Crippen molar-refractivity contribution in [2.24, 2.45) is 0 Å². The fraction of sp³-hybridized carbons (Fsp3) is 0.250. The Balaban J connectivity index is 2.84. The maximum atomic E-state index is 5.78. The van der Waals surface area contributed by atoms with Gasteiger partial charge >= 0.3 is 0 Å². The molecule has 0 amide bonds. The quantitative estimate of drug-likeness (QED) is 0.617. The van der Waals surface area contributed by atoms with E-state index in [1.165, 1.54) is 0 Å². The number of ether oxygens (including phenoxy) is 2. The van der Waals surface area contributed by atoms with Crippen LogP contribution in [0.4, 0.5) is 0 Å². The van der Waals surface area contributed by atoms with Gasteiger partial charge in [-0.05, 0) is 5.56 Å². The zero-order valence-electron chi connectivity index (χ0n) is 10.6. The molecule has 0 aliphatic heterocycles. The molecule has 2 heteroatoms. The lowest BCUT2D eigenvalue weighted by molar-refractivity contribution is -0.0371. The molecule has 0 radical (unpaired) electrons. The van der Waals surface area contributed by atoms with E-state index in [2.05, 4.69) is 19.7 Å². The molecule has 0 fully saturated rings. The molecule has 0 heterocycles. The van der Waals surface area contributed by atoms with Crippen LogP contribution < -0.4 is 0 Å². The summed E-state index contributed by atoms with van der Waals surface area (Å²) < 4.78 is 11.4. The van der Waals surface area contributed by atoms with Gasteiger partial charge in [0.25, 0.3) is 0 Å². The molecule has 0 bridgehead atoms. The predicted molar refractivity (Wildman–Crippen MR) is 75.5 cm³/mol. The summed E-state index contributed by atoms with van der Waals surface area (Å²) in [7, 11) is 0. The molecule has 0 saturated carbocycles. The third-order valence-electron chi connectivity index (χ3n) is 2.46. The van der Waals surface area contributed by atoms with Crippen LogP contribution >= 0.6 is 0 Å². The summed E-state index contributed by atoms with van der Waals surface area (Å²) in [6, 6.07) is 9.96. The molecule has 0 N–H and O–H groups in total. The average molecular weight is 244 g/mol. The standard InChI is InChI=1S/C16H20O2/c1-4-12-17-15(6-3)16(18-13-5-2)14-10-8-7-9-11-14/h4-11,15-16H,1-3,12-13H2/t15-,16-/m1/s1. The van der Waals surface area contributed by atoms with Crippen molar-refractivity contribution in [3.63, 3.8) is 0 Å². The fourth-order valence-electron chi connectivity index (χ4n) is 1.65. The predicted octanol–water partition coefficient (Wildman–Crippen LogP) is 3.69. The van der Waals surface area contributed by atoms with E-state index in [-0.39, 0.29) is 12.2 Å². The largest absolute Gasteiger partial charge is 0.367 e. The number of benzene rings is 1. The Labute approximate surface area is 109 Å². The van der Waals surface area contributed by atoms with E-state index in [4.69, 9.17) is 9.47 Å². The Hall–Kier alpha value is -1.64. The summed E-state index contributed by atoms with van der Waals surface area (Å²) in [5.74, 6) is 0. The van der Waals surface area contributed by atoms with E-state index in [0.717, 1.165) is 5.56 Å². The van der Waals surface area contributed by atoms with Crippen molar-refractivity contribution < 1.29 is 9.47 Å². The SMILES string of the molecule is C=CCO[C@H](c1ccccc1)[C@@H](C=C)OCC=C. The zero-order chi connectivity index (χ0) is 13.2. The first-order chi connectivity index (χ1) is 8.83. The summed E-state index contributed by atoms with van der Waals surface area (Å²) in [5, 5.41) is 0. The van der Waals surface area contributed by atoms with E-state index < -0.39 is 0 Å². The van der Waals surface area contributed by atoms with E-state index in [1.54, 1.807) is 18.2 Å². The third-order valence-corrected chi connectivity index (χ3v) is 2.46. The van der Waals surface area contributed by atoms with Crippen molar-refractivity contribution in [1.82, 2.24) is 0 Å². The normalized spacial score (nSPS) is 13.6. The lowest BCUT2D eigenvalue weighted by Crippen LogP contribution is -2.23. The number of hydrogen-bond donors (Lipinski definition) is 0. The van der Waals surface area contributed by atoms with Crippen LogP contribution in [-0.4, -0.2) is 19.3 Å². The van der Waals surface area contributed by atoms with Gasteiger partial charge in [0.2, 0.25) is 0 Å². The number of hydrogen-bond acceptors (Lipinski definition) is 2. The molecule has 2 nitrogen and oxygen atoms in total. The minimum absolute atomic E-state index is 0.179. The summed E-state index contributed by atoms with van der Waals surface area (Å²) in [6.07, 6.45) is 4.81. The molecule has 0 saturated heterocycles. The Morgan fingerprint density at radius 2 is 1.56 bits per heavy atom. The molecule has 18 heavy (non-hydrogen) atoms. The molecule has 1 aromatic carbocycles. The van der Waals surface area contributed by atoms with Crippen LogP contribution in [0.25, 0.3) is 0 Å². The van der Waals surface area contributed by atoms with Crippen LogP contribution in [0.2, 0.25) is 0 Å². The fourth-order valence-corrected chi connectivity index (χ4v) is 1.65. The lowest BCUT2D eigenvalue weighted by atomic mass is 10.0. The van der Waals surface area contributed by atoms with Gasteiger partial charge in [0.1, 0.15) is 12.2 Å². The highest BCUT2D eigenvalue weighted by atomic mass is 16.5. The molecule has 1 rings (SSSR count). The molecule has 1 aromatic rings. The van der Waals surface area contributed by atoms with Gasteiger partial charge in [-0.25, -0.2) is 0 Å². The van der Waals surface area contributed by atoms with Crippen molar-refractivity contribution in [2.45, 2.75) is 12.2 Å².